The van der Waals surface area contributed by atoms with Crippen LogP contribution in [0.4, 0.5) is 5.69 Å². The maximum Gasteiger partial charge on any atom is 0.310 e. The van der Waals surface area contributed by atoms with Gasteiger partial charge >= 0.3 is 5.97 Å². The fraction of sp³-hybridized carbons (Fsp3) is 0.263. The molecule has 1 unspecified atom stereocenters. The maximum atomic E-state index is 12.0. The van der Waals surface area contributed by atoms with Crippen molar-refractivity contribution < 1.29 is 14.7 Å². The molecule has 120 valence electrons. The number of aryl methyl sites for hydroxylation is 1. The van der Waals surface area contributed by atoms with Crippen LogP contribution in [0.15, 0.2) is 54.6 Å². The number of aliphatic carboxylic acids is 1. The molecule has 0 bridgehead atoms. The summed E-state index contributed by atoms with van der Waals surface area (Å²) in [6.07, 6.45) is 2.08. The van der Waals surface area contributed by atoms with E-state index in [0.29, 0.717) is 17.7 Å². The molecule has 2 rings (SSSR count). The van der Waals surface area contributed by atoms with Gasteiger partial charge in [0.05, 0.1) is 5.92 Å². The maximum absolute atomic E-state index is 12.0. The number of amides is 1. The van der Waals surface area contributed by atoms with E-state index in [0.717, 1.165) is 12.8 Å². The number of hydrogen-bond acceptors (Lipinski definition) is 2. The van der Waals surface area contributed by atoms with Crippen LogP contribution in [-0.4, -0.2) is 17.0 Å². The third kappa shape index (κ3) is 5.25. The molecule has 0 aliphatic heterocycles. The van der Waals surface area contributed by atoms with Gasteiger partial charge in [-0.2, -0.15) is 0 Å². The molecule has 4 heteroatoms. The third-order valence-corrected chi connectivity index (χ3v) is 3.75. The van der Waals surface area contributed by atoms with Crippen molar-refractivity contribution in [3.8, 4) is 0 Å². The molecule has 2 N–H and O–H groups in total. The molecule has 4 nitrogen and oxygen atoms in total. The van der Waals surface area contributed by atoms with Crippen LogP contribution >= 0.6 is 0 Å². The van der Waals surface area contributed by atoms with Crippen molar-refractivity contribution in [2.45, 2.75) is 32.1 Å². The van der Waals surface area contributed by atoms with Crippen LogP contribution in [0.3, 0.4) is 0 Å². The molecule has 0 aliphatic rings. The van der Waals surface area contributed by atoms with E-state index >= 15 is 0 Å². The lowest BCUT2D eigenvalue weighted by Gasteiger charge is -2.10. The van der Waals surface area contributed by atoms with Crippen molar-refractivity contribution in [2.75, 3.05) is 5.32 Å². The molecular formula is C19H21NO3. The van der Waals surface area contributed by atoms with Crippen molar-refractivity contribution in [3.05, 3.63) is 65.7 Å². The number of carbonyl (C=O) groups is 2. The highest BCUT2D eigenvalue weighted by molar-refractivity contribution is 5.91. The molecule has 0 saturated carbocycles. The first-order valence-corrected chi connectivity index (χ1v) is 7.73. The van der Waals surface area contributed by atoms with Gasteiger partial charge in [-0.15, -0.1) is 0 Å². The summed E-state index contributed by atoms with van der Waals surface area (Å²) in [5.74, 6) is -1.53. The smallest absolute Gasteiger partial charge is 0.310 e. The second kappa shape index (κ2) is 8.13. The fourth-order valence-corrected chi connectivity index (χ4v) is 2.35. The number of hydrogen-bond donors (Lipinski definition) is 2. The summed E-state index contributed by atoms with van der Waals surface area (Å²) in [5, 5.41) is 11.9. The van der Waals surface area contributed by atoms with E-state index in [4.69, 9.17) is 5.11 Å². The third-order valence-electron chi connectivity index (χ3n) is 3.75. The zero-order valence-electron chi connectivity index (χ0n) is 13.2. The van der Waals surface area contributed by atoms with Gasteiger partial charge in [-0.25, -0.2) is 0 Å². The summed E-state index contributed by atoms with van der Waals surface area (Å²) >= 11 is 0. The minimum atomic E-state index is -0.878. The van der Waals surface area contributed by atoms with Gasteiger partial charge in [0.2, 0.25) is 5.91 Å². The molecule has 0 saturated heterocycles. The first kappa shape index (κ1) is 16.7. The van der Waals surface area contributed by atoms with E-state index in [2.05, 4.69) is 17.4 Å². The molecule has 2 aromatic rings. The zero-order chi connectivity index (χ0) is 16.7. The Balaban J connectivity index is 1.85. The van der Waals surface area contributed by atoms with Crippen molar-refractivity contribution in [1.29, 1.82) is 0 Å². The Morgan fingerprint density at radius 1 is 1.09 bits per heavy atom. The standard InChI is InChI=1S/C19H21NO3/c1-14(19(22)23)16-10-6-11-17(13-16)20-18(21)12-5-9-15-7-3-2-4-8-15/h2-4,6-8,10-11,13-14H,5,9,12H2,1H3,(H,20,21)(H,22,23). The molecule has 0 spiro atoms. The highest BCUT2D eigenvalue weighted by Gasteiger charge is 2.14. The van der Waals surface area contributed by atoms with Crippen molar-refractivity contribution in [2.24, 2.45) is 0 Å². The monoisotopic (exact) mass is 311 g/mol. The number of rotatable bonds is 7. The molecule has 0 heterocycles. The molecule has 0 fully saturated rings. The van der Waals surface area contributed by atoms with Gasteiger partial charge in [-0.3, -0.25) is 9.59 Å². The fourth-order valence-electron chi connectivity index (χ4n) is 2.35. The van der Waals surface area contributed by atoms with Crippen molar-refractivity contribution >= 4 is 17.6 Å². The quantitative estimate of drug-likeness (QED) is 0.816. The Kier molecular flexibility index (Phi) is 5.92. The molecule has 2 aromatic carbocycles. The van der Waals surface area contributed by atoms with Gasteiger partial charge in [0.25, 0.3) is 0 Å². The molecule has 0 aromatic heterocycles. The summed E-state index contributed by atoms with van der Waals surface area (Å²) in [6, 6.07) is 17.1. The predicted octanol–water partition coefficient (Wildman–Crippen LogP) is 3.84. The Hall–Kier alpha value is -2.62. The number of carboxylic acid groups (broad SMARTS) is 1. The van der Waals surface area contributed by atoms with Crippen LogP contribution in [0.2, 0.25) is 0 Å². The Labute approximate surface area is 136 Å². The van der Waals surface area contributed by atoms with E-state index in [1.807, 2.05) is 18.2 Å². The predicted molar refractivity (Wildman–Crippen MR) is 90.5 cm³/mol. The number of carbonyl (C=O) groups excluding carboxylic acids is 1. The average Bonchev–Trinajstić information content (AvgIpc) is 2.55. The largest absolute Gasteiger partial charge is 0.481 e. The molecular weight excluding hydrogens is 290 g/mol. The Morgan fingerprint density at radius 2 is 1.83 bits per heavy atom. The van der Waals surface area contributed by atoms with Crippen molar-refractivity contribution in [3.63, 3.8) is 0 Å². The number of benzene rings is 2. The molecule has 1 atom stereocenters. The lowest BCUT2D eigenvalue weighted by atomic mass is 10.0. The number of nitrogens with one attached hydrogen (secondary N) is 1. The summed E-state index contributed by atoms with van der Waals surface area (Å²) in [5.41, 5.74) is 2.54. The van der Waals surface area contributed by atoms with Crippen LogP contribution < -0.4 is 5.32 Å². The van der Waals surface area contributed by atoms with E-state index in [-0.39, 0.29) is 5.91 Å². The Morgan fingerprint density at radius 3 is 2.52 bits per heavy atom. The van der Waals surface area contributed by atoms with Crippen LogP contribution in [0.5, 0.6) is 0 Å². The van der Waals surface area contributed by atoms with E-state index < -0.39 is 11.9 Å². The topological polar surface area (TPSA) is 66.4 Å². The summed E-state index contributed by atoms with van der Waals surface area (Å²) in [4.78, 5) is 23.0. The number of anilines is 1. The van der Waals surface area contributed by atoms with Gasteiger partial charge < -0.3 is 10.4 Å². The molecule has 0 radical (unpaired) electrons. The number of carboxylic acids is 1. The van der Waals surface area contributed by atoms with Crippen molar-refractivity contribution in [1.82, 2.24) is 0 Å². The minimum Gasteiger partial charge on any atom is -0.481 e. The van der Waals surface area contributed by atoms with Crippen LogP contribution in [0.1, 0.15) is 36.8 Å². The van der Waals surface area contributed by atoms with Gasteiger partial charge in [0.1, 0.15) is 0 Å². The molecule has 0 aliphatic carbocycles. The highest BCUT2D eigenvalue weighted by Crippen LogP contribution is 2.19. The lowest BCUT2D eigenvalue weighted by molar-refractivity contribution is -0.138. The van der Waals surface area contributed by atoms with E-state index in [1.165, 1.54) is 5.56 Å². The normalized spacial score (nSPS) is 11.7. The van der Waals surface area contributed by atoms with Crippen LogP contribution in [-0.2, 0) is 16.0 Å². The van der Waals surface area contributed by atoms with Gasteiger partial charge in [0, 0.05) is 12.1 Å². The van der Waals surface area contributed by atoms with Gasteiger partial charge in [0.15, 0.2) is 0 Å². The Bertz CT molecular complexity index is 667. The lowest BCUT2D eigenvalue weighted by Crippen LogP contribution is -2.12. The van der Waals surface area contributed by atoms with Crippen LogP contribution in [0, 0.1) is 0 Å². The minimum absolute atomic E-state index is 0.0546. The summed E-state index contributed by atoms with van der Waals surface area (Å²) < 4.78 is 0. The second-order valence-electron chi connectivity index (χ2n) is 5.57. The van der Waals surface area contributed by atoms with Gasteiger partial charge in [-0.1, -0.05) is 42.5 Å². The zero-order valence-corrected chi connectivity index (χ0v) is 13.2. The molecule has 1 amide bonds. The van der Waals surface area contributed by atoms with E-state index in [1.54, 1.807) is 31.2 Å². The molecule has 23 heavy (non-hydrogen) atoms. The summed E-state index contributed by atoms with van der Waals surface area (Å²) in [6.45, 7) is 1.63. The second-order valence-corrected chi connectivity index (χ2v) is 5.57. The van der Waals surface area contributed by atoms with Gasteiger partial charge in [-0.05, 0) is 43.0 Å². The first-order chi connectivity index (χ1) is 11.1. The first-order valence-electron chi connectivity index (χ1n) is 7.73. The average molecular weight is 311 g/mol. The highest BCUT2D eigenvalue weighted by atomic mass is 16.4. The SMILES string of the molecule is CC(C(=O)O)c1cccc(NC(=O)CCCc2ccccc2)c1. The van der Waals surface area contributed by atoms with Crippen LogP contribution in [0.25, 0.3) is 0 Å². The van der Waals surface area contributed by atoms with E-state index in [9.17, 15) is 9.59 Å². The summed E-state index contributed by atoms with van der Waals surface area (Å²) in [7, 11) is 0.